The van der Waals surface area contributed by atoms with E-state index in [2.05, 4.69) is 36.3 Å². The Morgan fingerprint density at radius 1 is 1.17 bits per heavy atom. The molecule has 1 fully saturated rings. The Balaban J connectivity index is 1.71. The van der Waals surface area contributed by atoms with Gasteiger partial charge in [-0.2, -0.15) is 0 Å². The Bertz CT molecular complexity index is 967. The second-order valence-corrected chi connectivity index (χ2v) is 9.07. The highest BCUT2D eigenvalue weighted by molar-refractivity contribution is 8.15. The van der Waals surface area contributed by atoms with Crippen molar-refractivity contribution in [3.8, 4) is 0 Å². The first kappa shape index (κ1) is 22.1. The average molecular weight is 424 g/mol. The Labute approximate surface area is 183 Å². The quantitative estimate of drug-likeness (QED) is 0.676. The van der Waals surface area contributed by atoms with Crippen LogP contribution in [0.5, 0.6) is 0 Å². The maximum absolute atomic E-state index is 12.8. The summed E-state index contributed by atoms with van der Waals surface area (Å²) < 4.78 is 0. The van der Waals surface area contributed by atoms with Gasteiger partial charge < -0.3 is 5.32 Å². The number of nitrogens with one attached hydrogen (secondary N) is 1. The lowest BCUT2D eigenvalue weighted by Gasteiger charge is -2.14. The first-order valence-corrected chi connectivity index (χ1v) is 11.2. The number of amides is 2. The van der Waals surface area contributed by atoms with Crippen molar-refractivity contribution in [1.82, 2.24) is 4.90 Å². The zero-order chi connectivity index (χ0) is 21.8. The molecule has 1 heterocycles. The summed E-state index contributed by atoms with van der Waals surface area (Å²) in [5.74, 6) is 0.241. The van der Waals surface area contributed by atoms with Gasteiger partial charge in [-0.25, -0.2) is 4.99 Å². The summed E-state index contributed by atoms with van der Waals surface area (Å²) >= 11 is 1.37. The zero-order valence-electron chi connectivity index (χ0n) is 18.2. The van der Waals surface area contributed by atoms with Crippen LogP contribution in [0.2, 0.25) is 0 Å². The van der Waals surface area contributed by atoms with Gasteiger partial charge in [0.2, 0.25) is 11.8 Å². The van der Waals surface area contributed by atoms with E-state index < -0.39 is 5.25 Å². The fourth-order valence-electron chi connectivity index (χ4n) is 3.30. The molecule has 1 aliphatic heterocycles. The van der Waals surface area contributed by atoms with Crippen LogP contribution in [-0.2, 0) is 9.59 Å². The van der Waals surface area contributed by atoms with Crippen molar-refractivity contribution in [3.63, 3.8) is 0 Å². The van der Waals surface area contributed by atoms with Crippen LogP contribution in [0, 0.1) is 13.8 Å². The van der Waals surface area contributed by atoms with Gasteiger partial charge in [-0.1, -0.05) is 49.9 Å². The monoisotopic (exact) mass is 423 g/mol. The third-order valence-electron chi connectivity index (χ3n) is 5.16. The van der Waals surface area contributed by atoms with E-state index in [1.165, 1.54) is 17.3 Å². The normalized spacial score (nSPS) is 17.8. The van der Waals surface area contributed by atoms with E-state index in [9.17, 15) is 9.59 Å². The highest BCUT2D eigenvalue weighted by Gasteiger charge is 2.38. The molecule has 1 unspecified atom stereocenters. The standard InChI is InChI=1S/C24H29N3O2S/c1-6-27-23(29)21(14-22(28)26-20-13-16(4)7-8-17(20)5)30-24(27)25-19-11-9-18(10-12-19)15(2)3/h7-13,15,21H,6,14H2,1-5H3,(H,26,28). The van der Waals surface area contributed by atoms with Crippen LogP contribution in [0.4, 0.5) is 11.4 Å². The number of carbonyl (C=O) groups excluding carboxylic acids is 2. The molecule has 0 aromatic heterocycles. The molecular formula is C24H29N3O2S. The zero-order valence-corrected chi connectivity index (χ0v) is 19.0. The van der Waals surface area contributed by atoms with Crippen LogP contribution in [0.25, 0.3) is 0 Å². The van der Waals surface area contributed by atoms with Gasteiger partial charge in [-0.3, -0.25) is 14.5 Å². The highest BCUT2D eigenvalue weighted by Crippen LogP contribution is 2.32. The van der Waals surface area contributed by atoms with Crippen molar-refractivity contribution in [2.75, 3.05) is 11.9 Å². The van der Waals surface area contributed by atoms with E-state index in [1.807, 2.05) is 51.1 Å². The van der Waals surface area contributed by atoms with E-state index in [-0.39, 0.29) is 18.2 Å². The number of aliphatic imine (C=N–C) groups is 1. The first-order chi connectivity index (χ1) is 14.3. The van der Waals surface area contributed by atoms with Crippen LogP contribution >= 0.6 is 11.8 Å². The molecule has 1 aliphatic rings. The summed E-state index contributed by atoms with van der Waals surface area (Å²) in [4.78, 5) is 31.8. The molecule has 0 spiro atoms. The molecule has 2 aromatic rings. The van der Waals surface area contributed by atoms with Gasteiger partial charge in [0.05, 0.1) is 5.69 Å². The maximum atomic E-state index is 12.8. The largest absolute Gasteiger partial charge is 0.326 e. The topological polar surface area (TPSA) is 61.8 Å². The molecule has 0 bridgehead atoms. The summed E-state index contributed by atoms with van der Waals surface area (Å²) in [5.41, 5.74) is 4.94. The summed E-state index contributed by atoms with van der Waals surface area (Å²) in [6.45, 7) is 10.7. The van der Waals surface area contributed by atoms with Crippen molar-refractivity contribution < 1.29 is 9.59 Å². The first-order valence-electron chi connectivity index (χ1n) is 10.3. The molecule has 2 aromatic carbocycles. The van der Waals surface area contributed by atoms with Crippen LogP contribution < -0.4 is 5.32 Å². The summed E-state index contributed by atoms with van der Waals surface area (Å²) in [7, 11) is 0. The van der Waals surface area contributed by atoms with Crippen molar-refractivity contribution in [3.05, 3.63) is 59.2 Å². The van der Waals surface area contributed by atoms with E-state index >= 15 is 0 Å². The lowest BCUT2D eigenvalue weighted by atomic mass is 10.0. The minimum atomic E-state index is -0.455. The Kier molecular flexibility index (Phi) is 6.98. The lowest BCUT2D eigenvalue weighted by Crippen LogP contribution is -2.33. The SMILES string of the molecule is CCN1C(=O)C(CC(=O)Nc2cc(C)ccc2C)SC1=Nc1ccc(C(C)C)cc1. The van der Waals surface area contributed by atoms with Crippen LogP contribution in [0.3, 0.4) is 0 Å². The third-order valence-corrected chi connectivity index (χ3v) is 6.33. The van der Waals surface area contributed by atoms with E-state index in [1.54, 1.807) is 4.90 Å². The molecular weight excluding hydrogens is 394 g/mol. The van der Waals surface area contributed by atoms with E-state index in [0.717, 1.165) is 22.5 Å². The Morgan fingerprint density at radius 2 is 1.87 bits per heavy atom. The molecule has 3 rings (SSSR count). The molecule has 6 heteroatoms. The molecule has 0 aliphatic carbocycles. The molecule has 2 amide bonds. The van der Waals surface area contributed by atoms with E-state index in [0.29, 0.717) is 17.6 Å². The third kappa shape index (κ3) is 5.11. The predicted molar refractivity (Wildman–Crippen MR) is 126 cm³/mol. The van der Waals surface area contributed by atoms with Gasteiger partial charge in [0.25, 0.3) is 0 Å². The number of hydrogen-bond acceptors (Lipinski definition) is 4. The predicted octanol–water partition coefficient (Wildman–Crippen LogP) is 5.41. The molecule has 1 N–H and O–H groups in total. The summed E-state index contributed by atoms with van der Waals surface area (Å²) in [6, 6.07) is 14.0. The minimum Gasteiger partial charge on any atom is -0.326 e. The second kappa shape index (κ2) is 9.47. The molecule has 30 heavy (non-hydrogen) atoms. The van der Waals surface area contributed by atoms with Crippen molar-refractivity contribution in [2.24, 2.45) is 4.99 Å². The number of thioether (sulfide) groups is 1. The Morgan fingerprint density at radius 3 is 2.50 bits per heavy atom. The number of benzene rings is 2. The number of rotatable bonds is 6. The number of nitrogens with zero attached hydrogens (tertiary/aromatic N) is 2. The number of anilines is 1. The fraction of sp³-hybridized carbons (Fsp3) is 0.375. The Hall–Kier alpha value is -2.60. The lowest BCUT2D eigenvalue weighted by molar-refractivity contribution is -0.128. The molecule has 1 saturated heterocycles. The number of hydrogen-bond donors (Lipinski definition) is 1. The molecule has 158 valence electrons. The maximum Gasteiger partial charge on any atom is 0.242 e. The van der Waals surface area contributed by atoms with Gasteiger partial charge >= 0.3 is 0 Å². The van der Waals surface area contributed by atoms with Gasteiger partial charge in [-0.05, 0) is 61.6 Å². The minimum absolute atomic E-state index is 0.0591. The number of amidine groups is 1. The number of aryl methyl sites for hydroxylation is 2. The average Bonchev–Trinajstić information content (AvgIpc) is 2.99. The van der Waals surface area contributed by atoms with Gasteiger partial charge in [0, 0.05) is 18.7 Å². The van der Waals surface area contributed by atoms with Gasteiger partial charge in [0.1, 0.15) is 5.25 Å². The van der Waals surface area contributed by atoms with Crippen molar-refractivity contribution in [2.45, 2.75) is 52.2 Å². The van der Waals surface area contributed by atoms with Crippen LogP contribution in [-0.4, -0.2) is 33.7 Å². The van der Waals surface area contributed by atoms with Crippen LogP contribution in [0.1, 0.15) is 49.8 Å². The highest BCUT2D eigenvalue weighted by atomic mass is 32.2. The molecule has 0 radical (unpaired) electrons. The molecule has 0 saturated carbocycles. The second-order valence-electron chi connectivity index (χ2n) is 7.90. The summed E-state index contributed by atoms with van der Waals surface area (Å²) in [6.07, 6.45) is 0.124. The van der Waals surface area contributed by atoms with Crippen molar-refractivity contribution >= 4 is 40.1 Å². The summed E-state index contributed by atoms with van der Waals surface area (Å²) in [5, 5.41) is 3.15. The molecule has 5 nitrogen and oxygen atoms in total. The molecule has 1 atom stereocenters. The number of carbonyl (C=O) groups is 2. The van der Waals surface area contributed by atoms with E-state index in [4.69, 9.17) is 0 Å². The smallest absolute Gasteiger partial charge is 0.242 e. The van der Waals surface area contributed by atoms with Crippen molar-refractivity contribution in [1.29, 1.82) is 0 Å². The van der Waals surface area contributed by atoms with Gasteiger partial charge in [-0.15, -0.1) is 0 Å². The van der Waals surface area contributed by atoms with Gasteiger partial charge in [0.15, 0.2) is 5.17 Å². The van der Waals surface area contributed by atoms with Crippen LogP contribution in [0.15, 0.2) is 47.5 Å². The fourth-order valence-corrected chi connectivity index (χ4v) is 4.52.